The van der Waals surface area contributed by atoms with Crippen molar-refractivity contribution in [3.05, 3.63) is 75.3 Å². The Kier molecular flexibility index (Phi) is 9.77. The number of nitrogens with zero attached hydrogens (tertiary/aromatic N) is 1. The van der Waals surface area contributed by atoms with Gasteiger partial charge in [-0.2, -0.15) is 0 Å². The van der Waals surface area contributed by atoms with Crippen molar-refractivity contribution in [3.8, 4) is 5.75 Å². The van der Waals surface area contributed by atoms with Crippen molar-refractivity contribution < 1.29 is 26.3 Å². The van der Waals surface area contributed by atoms with Crippen molar-refractivity contribution in [1.82, 2.24) is 4.98 Å². The third-order valence-electron chi connectivity index (χ3n) is 5.20. The molecule has 4 rings (SSSR count). The van der Waals surface area contributed by atoms with Crippen LogP contribution in [0.4, 0.5) is 19.0 Å². The van der Waals surface area contributed by atoms with Crippen molar-refractivity contribution in [2.45, 2.75) is 31.1 Å². The highest BCUT2D eigenvalue weighted by Crippen LogP contribution is 2.36. The second-order valence-corrected chi connectivity index (χ2v) is 10.6. The van der Waals surface area contributed by atoms with Crippen molar-refractivity contribution in [3.63, 3.8) is 0 Å². The molecule has 12 heteroatoms. The molecule has 1 unspecified atom stereocenters. The molecule has 1 heterocycles. The Hall–Kier alpha value is -2.60. The summed E-state index contributed by atoms with van der Waals surface area (Å²) in [6.45, 7) is 2.76. The summed E-state index contributed by atoms with van der Waals surface area (Å²) in [6.07, 6.45) is 4.35. The quantitative estimate of drug-likeness (QED) is 0.357. The lowest BCUT2D eigenvalue weighted by Crippen LogP contribution is -2.18. The first-order valence-corrected chi connectivity index (χ1v) is 13.8. The fourth-order valence-corrected chi connectivity index (χ4v) is 5.55. The Labute approximate surface area is 217 Å². The van der Waals surface area contributed by atoms with Gasteiger partial charge in [-0.05, 0) is 55.1 Å². The summed E-state index contributed by atoms with van der Waals surface area (Å²) in [4.78, 5) is 3.19. The highest BCUT2D eigenvalue weighted by Gasteiger charge is 2.25. The lowest BCUT2D eigenvalue weighted by Gasteiger charge is -2.25. The number of allylic oxidation sites excluding steroid dienone is 1. The normalized spacial score (nSPS) is 15.5. The summed E-state index contributed by atoms with van der Waals surface area (Å²) >= 11 is 7.38. The van der Waals surface area contributed by atoms with Crippen molar-refractivity contribution in [2.75, 3.05) is 17.9 Å². The van der Waals surface area contributed by atoms with E-state index in [4.69, 9.17) is 22.1 Å². The van der Waals surface area contributed by atoms with E-state index in [1.807, 2.05) is 13.0 Å². The number of hydrogen-bond donors (Lipinski definition) is 2. The van der Waals surface area contributed by atoms with Gasteiger partial charge in [-0.25, -0.2) is 26.6 Å². The maximum atomic E-state index is 14.7. The third-order valence-corrected chi connectivity index (χ3v) is 7.45. The maximum absolute atomic E-state index is 14.7. The summed E-state index contributed by atoms with van der Waals surface area (Å²) < 4.78 is 74.6. The predicted octanol–water partition coefficient (Wildman–Crippen LogP) is 6.24. The van der Waals surface area contributed by atoms with Crippen LogP contribution in [0.5, 0.6) is 5.75 Å². The number of benzene rings is 2. The van der Waals surface area contributed by atoms with Gasteiger partial charge < -0.3 is 10.5 Å². The molecule has 1 aliphatic carbocycles. The Morgan fingerprint density at radius 3 is 2.61 bits per heavy atom. The number of hydrogen-bond acceptors (Lipinski definition) is 6. The molecule has 2 aromatic carbocycles. The molecule has 194 valence electrons. The molecule has 1 aromatic heterocycles. The minimum atomic E-state index is -4.24. The van der Waals surface area contributed by atoms with Gasteiger partial charge in [0.05, 0.1) is 17.1 Å². The molecule has 0 fully saturated rings. The van der Waals surface area contributed by atoms with Crippen LogP contribution in [0.15, 0.2) is 52.2 Å². The molecule has 3 aromatic rings. The first kappa shape index (κ1) is 28.0. The van der Waals surface area contributed by atoms with Gasteiger partial charge in [0.25, 0.3) is 10.0 Å². The highest BCUT2D eigenvalue weighted by atomic mass is 35.5. The van der Waals surface area contributed by atoms with E-state index in [0.29, 0.717) is 5.56 Å². The smallest absolute Gasteiger partial charge is 0.266 e. The predicted molar refractivity (Wildman–Crippen MR) is 136 cm³/mol. The first-order valence-electron chi connectivity index (χ1n) is 11.0. The van der Waals surface area contributed by atoms with Crippen molar-refractivity contribution in [1.29, 1.82) is 0 Å². The van der Waals surface area contributed by atoms with Gasteiger partial charge in [0.1, 0.15) is 16.5 Å². The van der Waals surface area contributed by atoms with E-state index in [2.05, 4.69) is 9.71 Å². The van der Waals surface area contributed by atoms with Crippen LogP contribution in [-0.2, 0) is 10.0 Å². The molecule has 0 saturated carbocycles. The van der Waals surface area contributed by atoms with E-state index >= 15 is 0 Å². The summed E-state index contributed by atoms with van der Waals surface area (Å²) in [5, 5.41) is 1.39. The number of nitrogens with two attached hydrogens (primary N) is 1. The molecular weight excluding hydrogens is 535 g/mol. The van der Waals surface area contributed by atoms with E-state index in [9.17, 15) is 21.6 Å². The van der Waals surface area contributed by atoms with E-state index in [0.717, 1.165) is 55.6 Å². The molecular formula is C24H25ClF3N3O3S2. The lowest BCUT2D eigenvalue weighted by atomic mass is 9.84. The minimum Gasteiger partial charge on any atom is -0.491 e. The zero-order valence-corrected chi connectivity index (χ0v) is 21.7. The fraction of sp³-hybridized carbons (Fsp3) is 0.292. The largest absolute Gasteiger partial charge is 0.491 e. The van der Waals surface area contributed by atoms with E-state index in [1.54, 1.807) is 0 Å². The average Bonchev–Trinajstić information content (AvgIpc) is 3.34. The molecule has 1 aliphatic rings. The topological polar surface area (TPSA) is 94.3 Å². The number of sulfonamides is 1. The van der Waals surface area contributed by atoms with Crippen LogP contribution < -0.4 is 15.2 Å². The SMILES string of the molecule is CCN.O=S(=O)(Nc1cscn1)c1cc(Cl)c(OCC2CCCC=C2c2ccc(F)c(F)c2)cc1F. The number of nitrogens with one attached hydrogen (secondary N) is 1. The number of aromatic nitrogens is 1. The number of ether oxygens (including phenoxy) is 1. The van der Waals surface area contributed by atoms with E-state index in [-0.39, 0.29) is 29.1 Å². The van der Waals surface area contributed by atoms with Crippen LogP contribution in [0.3, 0.4) is 0 Å². The number of halogens is 4. The van der Waals surface area contributed by atoms with Gasteiger partial charge in [-0.1, -0.05) is 30.7 Å². The highest BCUT2D eigenvalue weighted by molar-refractivity contribution is 7.92. The van der Waals surface area contributed by atoms with E-state index in [1.165, 1.54) is 28.3 Å². The van der Waals surface area contributed by atoms with E-state index < -0.39 is 32.4 Å². The molecule has 0 radical (unpaired) electrons. The standard InChI is InChI=1S/C22H18ClF3N2O3S2.C2H7N/c23-16-8-21(33(29,30)28-22-11-32-12-27-22)19(26)9-20(16)31-10-14-3-1-2-4-15(14)13-5-6-17(24)18(25)7-13;1-2-3/h4-9,11-12,14,28H,1-3,10H2;2-3H2,1H3. The zero-order chi connectivity index (χ0) is 26.3. The number of anilines is 1. The second kappa shape index (κ2) is 12.6. The Morgan fingerprint density at radius 2 is 1.94 bits per heavy atom. The van der Waals surface area contributed by atoms with Crippen LogP contribution >= 0.6 is 22.9 Å². The van der Waals surface area contributed by atoms with Gasteiger partial charge in [-0.15, -0.1) is 11.3 Å². The first-order chi connectivity index (χ1) is 17.2. The van der Waals surface area contributed by atoms with Crippen LogP contribution in [0.25, 0.3) is 5.57 Å². The lowest BCUT2D eigenvalue weighted by molar-refractivity contribution is 0.267. The van der Waals surface area contributed by atoms with Crippen molar-refractivity contribution >= 4 is 44.4 Å². The van der Waals surface area contributed by atoms with Crippen LogP contribution in [-0.4, -0.2) is 26.6 Å². The maximum Gasteiger partial charge on any atom is 0.266 e. The Bertz CT molecular complexity index is 1320. The molecule has 3 N–H and O–H groups in total. The minimum absolute atomic E-state index is 0.0167. The molecule has 1 atom stereocenters. The molecule has 0 aliphatic heterocycles. The van der Waals surface area contributed by atoms with Gasteiger partial charge in [0.15, 0.2) is 17.5 Å². The molecule has 6 nitrogen and oxygen atoms in total. The average molecular weight is 560 g/mol. The zero-order valence-electron chi connectivity index (χ0n) is 19.3. The van der Waals surface area contributed by atoms with Crippen molar-refractivity contribution in [2.24, 2.45) is 11.7 Å². The Morgan fingerprint density at radius 1 is 1.19 bits per heavy atom. The summed E-state index contributed by atoms with van der Waals surface area (Å²) in [5.74, 6) is -2.99. The van der Waals surface area contributed by atoms with Crippen LogP contribution in [0, 0.1) is 23.4 Å². The summed E-state index contributed by atoms with van der Waals surface area (Å²) in [6, 6.07) is 5.62. The molecule has 0 spiro atoms. The summed E-state index contributed by atoms with van der Waals surface area (Å²) in [7, 11) is -4.24. The molecule has 0 bridgehead atoms. The second-order valence-electron chi connectivity index (χ2n) is 7.83. The number of thiazole rings is 1. The van der Waals surface area contributed by atoms with Gasteiger partial charge >= 0.3 is 0 Å². The Balaban J connectivity index is 0.00000115. The monoisotopic (exact) mass is 559 g/mol. The van der Waals surface area contributed by atoms with Crippen LogP contribution in [0.1, 0.15) is 31.7 Å². The molecule has 36 heavy (non-hydrogen) atoms. The summed E-state index contributed by atoms with van der Waals surface area (Å²) in [5.41, 5.74) is 7.64. The molecule has 0 saturated heterocycles. The van der Waals surface area contributed by atoms with Crippen LogP contribution in [0.2, 0.25) is 5.02 Å². The number of rotatable bonds is 7. The van der Waals surface area contributed by atoms with Gasteiger partial charge in [0.2, 0.25) is 0 Å². The fourth-order valence-electron chi connectivity index (χ4n) is 3.62. The van der Waals surface area contributed by atoms with Gasteiger partial charge in [-0.3, -0.25) is 4.72 Å². The molecule has 0 amide bonds. The third kappa shape index (κ3) is 7.00. The van der Waals surface area contributed by atoms with Gasteiger partial charge in [0, 0.05) is 17.4 Å².